The summed E-state index contributed by atoms with van der Waals surface area (Å²) in [4.78, 5) is 36.3. The molecule has 6 nitrogen and oxygen atoms in total. The Balaban J connectivity index is 2.69. The Hall–Kier alpha value is -1.59. The number of esters is 1. The fourth-order valence-electron chi connectivity index (χ4n) is 2.71. The highest BCUT2D eigenvalue weighted by Gasteiger charge is 2.44. The molecule has 0 aliphatic carbocycles. The number of amides is 1. The van der Waals surface area contributed by atoms with Crippen LogP contribution in [0.4, 0.5) is 0 Å². The van der Waals surface area contributed by atoms with Gasteiger partial charge in [-0.05, 0) is 25.2 Å². The summed E-state index contributed by atoms with van der Waals surface area (Å²) in [6.45, 7) is 6.13. The average Bonchev–Trinajstić information content (AvgIpc) is 2.34. The van der Waals surface area contributed by atoms with Gasteiger partial charge in [0.15, 0.2) is 0 Å². The molecule has 1 rings (SSSR count). The maximum absolute atomic E-state index is 12.2. The molecule has 20 heavy (non-hydrogen) atoms. The lowest BCUT2D eigenvalue weighted by atomic mass is 9.76. The highest BCUT2D eigenvalue weighted by Crippen LogP contribution is 2.35. The van der Waals surface area contributed by atoms with Gasteiger partial charge in [-0.2, -0.15) is 0 Å². The van der Waals surface area contributed by atoms with Crippen LogP contribution in [0.3, 0.4) is 0 Å². The van der Waals surface area contributed by atoms with Crippen LogP contribution in [0.2, 0.25) is 0 Å². The van der Waals surface area contributed by atoms with Gasteiger partial charge in [0.1, 0.15) is 6.04 Å². The third kappa shape index (κ3) is 3.95. The van der Waals surface area contributed by atoms with Crippen molar-refractivity contribution >= 4 is 17.8 Å². The van der Waals surface area contributed by atoms with E-state index in [1.54, 1.807) is 6.92 Å². The van der Waals surface area contributed by atoms with Gasteiger partial charge in [-0.3, -0.25) is 9.59 Å². The number of rotatable bonds is 5. The minimum Gasteiger partial charge on any atom is -0.480 e. The zero-order valence-corrected chi connectivity index (χ0v) is 12.3. The molecule has 1 heterocycles. The normalized spacial score (nSPS) is 21.4. The van der Waals surface area contributed by atoms with Crippen molar-refractivity contribution in [2.24, 2.45) is 5.41 Å². The summed E-state index contributed by atoms with van der Waals surface area (Å²) in [6.07, 6.45) is 1.54. The zero-order valence-electron chi connectivity index (χ0n) is 12.3. The molecule has 0 aromatic heterocycles. The quantitative estimate of drug-likeness (QED) is 0.772. The fraction of sp³-hybridized carbons (Fsp3) is 0.786. The molecule has 1 saturated heterocycles. The van der Waals surface area contributed by atoms with Crippen LogP contribution in [-0.4, -0.2) is 47.0 Å². The van der Waals surface area contributed by atoms with Crippen LogP contribution in [0.15, 0.2) is 0 Å². The Morgan fingerprint density at radius 3 is 2.50 bits per heavy atom. The predicted octanol–water partition coefficient (Wildman–Crippen LogP) is 1.43. The number of likely N-dealkylation sites (tertiary alicyclic amines) is 1. The second-order valence-electron chi connectivity index (χ2n) is 5.73. The van der Waals surface area contributed by atoms with Crippen molar-refractivity contribution in [1.82, 2.24) is 4.90 Å². The monoisotopic (exact) mass is 285 g/mol. The first-order chi connectivity index (χ1) is 9.29. The molecule has 0 aromatic carbocycles. The van der Waals surface area contributed by atoms with Crippen molar-refractivity contribution < 1.29 is 24.2 Å². The second-order valence-corrected chi connectivity index (χ2v) is 5.73. The smallest absolute Gasteiger partial charge is 0.326 e. The van der Waals surface area contributed by atoms with E-state index >= 15 is 0 Å². The predicted molar refractivity (Wildman–Crippen MR) is 72.0 cm³/mol. The van der Waals surface area contributed by atoms with Crippen LogP contribution in [-0.2, 0) is 19.1 Å². The SMILES string of the molecule is CCOC(=O)CCC(=O)N1CCCC(C)(C)C1C(=O)O. The highest BCUT2D eigenvalue weighted by atomic mass is 16.5. The molecule has 1 atom stereocenters. The Bertz CT molecular complexity index is 391. The summed E-state index contributed by atoms with van der Waals surface area (Å²) in [6, 6.07) is -0.828. The summed E-state index contributed by atoms with van der Waals surface area (Å²) in [5.41, 5.74) is -0.455. The van der Waals surface area contributed by atoms with Crippen molar-refractivity contribution in [1.29, 1.82) is 0 Å². The van der Waals surface area contributed by atoms with E-state index in [9.17, 15) is 19.5 Å². The third-order valence-corrected chi connectivity index (χ3v) is 3.67. The molecule has 1 unspecified atom stereocenters. The number of carbonyl (C=O) groups excluding carboxylic acids is 2. The van der Waals surface area contributed by atoms with E-state index in [2.05, 4.69) is 0 Å². The van der Waals surface area contributed by atoms with Crippen LogP contribution in [0.5, 0.6) is 0 Å². The highest BCUT2D eigenvalue weighted by molar-refractivity contribution is 5.86. The van der Waals surface area contributed by atoms with Gasteiger partial charge in [0, 0.05) is 13.0 Å². The number of hydrogen-bond donors (Lipinski definition) is 1. The fourth-order valence-corrected chi connectivity index (χ4v) is 2.71. The second kappa shape index (κ2) is 6.72. The molecule has 0 spiro atoms. The number of hydrogen-bond acceptors (Lipinski definition) is 4. The number of aliphatic carboxylic acids is 1. The molecule has 0 radical (unpaired) electrons. The minimum atomic E-state index is -0.987. The summed E-state index contributed by atoms with van der Waals surface area (Å²) >= 11 is 0. The Morgan fingerprint density at radius 2 is 1.95 bits per heavy atom. The Labute approximate surface area is 119 Å². The van der Waals surface area contributed by atoms with Crippen LogP contribution in [0.1, 0.15) is 46.5 Å². The van der Waals surface area contributed by atoms with E-state index in [4.69, 9.17) is 4.74 Å². The molecule has 1 aliphatic heterocycles. The van der Waals surface area contributed by atoms with Crippen LogP contribution < -0.4 is 0 Å². The average molecular weight is 285 g/mol. The molecular formula is C14H23NO5. The number of ether oxygens (including phenoxy) is 1. The summed E-state index contributed by atoms with van der Waals surface area (Å²) < 4.78 is 4.77. The van der Waals surface area contributed by atoms with E-state index in [0.29, 0.717) is 6.54 Å². The maximum atomic E-state index is 12.2. The van der Waals surface area contributed by atoms with Gasteiger partial charge in [0.2, 0.25) is 5.91 Å². The molecule has 1 fully saturated rings. The summed E-state index contributed by atoms with van der Waals surface area (Å²) in [5, 5.41) is 9.37. The van der Waals surface area contributed by atoms with Gasteiger partial charge in [-0.25, -0.2) is 4.79 Å². The van der Waals surface area contributed by atoms with Crippen LogP contribution >= 0.6 is 0 Å². The van der Waals surface area contributed by atoms with Gasteiger partial charge in [-0.1, -0.05) is 13.8 Å². The lowest BCUT2D eigenvalue weighted by Gasteiger charge is -2.44. The summed E-state index contributed by atoms with van der Waals surface area (Å²) in [7, 11) is 0. The maximum Gasteiger partial charge on any atom is 0.326 e. The minimum absolute atomic E-state index is 0.00130. The van der Waals surface area contributed by atoms with Crippen LogP contribution in [0.25, 0.3) is 0 Å². The standard InChI is InChI=1S/C14H23NO5/c1-4-20-11(17)7-6-10(16)15-9-5-8-14(2,3)12(15)13(18)19/h12H,4-9H2,1-3H3,(H,18,19). The van der Waals surface area contributed by atoms with E-state index < -0.39 is 23.4 Å². The van der Waals surface area contributed by atoms with Crippen LogP contribution in [0, 0.1) is 5.41 Å². The van der Waals surface area contributed by atoms with Gasteiger partial charge >= 0.3 is 11.9 Å². The molecule has 0 aromatic rings. The zero-order chi connectivity index (χ0) is 15.3. The first-order valence-electron chi connectivity index (χ1n) is 6.97. The molecule has 1 amide bonds. The van der Waals surface area contributed by atoms with Crippen molar-refractivity contribution in [3.8, 4) is 0 Å². The van der Waals surface area contributed by atoms with E-state index in [1.165, 1.54) is 4.90 Å². The lowest BCUT2D eigenvalue weighted by Crippen LogP contribution is -2.56. The molecule has 6 heteroatoms. The van der Waals surface area contributed by atoms with Gasteiger partial charge in [-0.15, -0.1) is 0 Å². The number of piperidine rings is 1. The number of carboxylic acids is 1. The number of nitrogens with zero attached hydrogens (tertiary/aromatic N) is 1. The third-order valence-electron chi connectivity index (χ3n) is 3.67. The molecule has 0 saturated carbocycles. The van der Waals surface area contributed by atoms with Crippen molar-refractivity contribution in [3.05, 3.63) is 0 Å². The molecule has 114 valence electrons. The van der Waals surface area contributed by atoms with Gasteiger partial charge < -0.3 is 14.7 Å². The van der Waals surface area contributed by atoms with Gasteiger partial charge in [0.05, 0.1) is 13.0 Å². The van der Waals surface area contributed by atoms with E-state index in [0.717, 1.165) is 12.8 Å². The van der Waals surface area contributed by atoms with Gasteiger partial charge in [0.25, 0.3) is 0 Å². The topological polar surface area (TPSA) is 83.9 Å². The van der Waals surface area contributed by atoms with E-state index in [1.807, 2.05) is 13.8 Å². The molecular weight excluding hydrogens is 262 g/mol. The molecule has 0 bridgehead atoms. The lowest BCUT2D eigenvalue weighted by molar-refractivity contribution is -0.159. The first kappa shape index (κ1) is 16.5. The largest absolute Gasteiger partial charge is 0.480 e. The number of carboxylic acid groups (broad SMARTS) is 1. The Kier molecular flexibility index (Phi) is 5.53. The first-order valence-corrected chi connectivity index (χ1v) is 6.97. The molecule has 1 aliphatic rings. The Morgan fingerprint density at radius 1 is 1.30 bits per heavy atom. The molecule has 1 N–H and O–H groups in total. The number of carbonyl (C=O) groups is 3. The van der Waals surface area contributed by atoms with Crippen molar-refractivity contribution in [2.75, 3.05) is 13.2 Å². The van der Waals surface area contributed by atoms with Crippen molar-refractivity contribution in [2.45, 2.75) is 52.5 Å². The van der Waals surface area contributed by atoms with Crippen molar-refractivity contribution in [3.63, 3.8) is 0 Å². The summed E-state index contributed by atoms with van der Waals surface area (Å²) in [5.74, 6) is -1.71. The van der Waals surface area contributed by atoms with E-state index in [-0.39, 0.29) is 25.4 Å².